The van der Waals surface area contributed by atoms with Gasteiger partial charge in [-0.25, -0.2) is 0 Å². The van der Waals surface area contributed by atoms with Crippen LogP contribution in [0.25, 0.3) is 0 Å². The summed E-state index contributed by atoms with van der Waals surface area (Å²) >= 11 is 0. The van der Waals surface area contributed by atoms with Crippen molar-refractivity contribution in [3.8, 4) is 6.07 Å². The topological polar surface area (TPSA) is 53.0 Å². The van der Waals surface area contributed by atoms with Crippen LogP contribution in [0.3, 0.4) is 0 Å². The first-order chi connectivity index (χ1) is 8.24. The molecule has 1 saturated heterocycles. The minimum atomic E-state index is 0.685. The molecule has 0 amide bonds. The summed E-state index contributed by atoms with van der Waals surface area (Å²) < 4.78 is 0. The summed E-state index contributed by atoms with van der Waals surface area (Å²) in [6, 6.07) is 8.11. The van der Waals surface area contributed by atoms with Crippen LogP contribution >= 0.6 is 0 Å². The molecule has 0 atom stereocenters. The highest BCUT2D eigenvalue weighted by molar-refractivity contribution is 5.56. The van der Waals surface area contributed by atoms with Gasteiger partial charge in [-0.2, -0.15) is 5.26 Å². The van der Waals surface area contributed by atoms with E-state index in [2.05, 4.69) is 24.0 Å². The lowest BCUT2D eigenvalue weighted by Gasteiger charge is -2.34. The summed E-state index contributed by atoms with van der Waals surface area (Å²) in [4.78, 5) is 2.41. The molecule has 1 aromatic carbocycles. The molecule has 1 aliphatic heterocycles. The van der Waals surface area contributed by atoms with Crippen LogP contribution in [0.1, 0.15) is 24.0 Å². The predicted molar refractivity (Wildman–Crippen MR) is 69.9 cm³/mol. The minimum Gasteiger partial charge on any atom is -0.371 e. The number of hydrogen-bond donors (Lipinski definition) is 1. The summed E-state index contributed by atoms with van der Waals surface area (Å²) in [7, 11) is 0. The molecule has 17 heavy (non-hydrogen) atoms. The van der Waals surface area contributed by atoms with Crippen LogP contribution < -0.4 is 10.6 Å². The second-order valence-corrected chi connectivity index (χ2v) is 4.78. The molecule has 1 aliphatic rings. The van der Waals surface area contributed by atoms with Crippen LogP contribution in [0.5, 0.6) is 0 Å². The molecule has 1 aromatic rings. The molecule has 0 unspecified atom stereocenters. The molecule has 0 aromatic heterocycles. The molecule has 2 rings (SSSR count). The van der Waals surface area contributed by atoms with Crippen LogP contribution in [-0.2, 0) is 0 Å². The third-order valence-corrected chi connectivity index (χ3v) is 3.61. The number of hydrogen-bond acceptors (Lipinski definition) is 3. The zero-order valence-electron chi connectivity index (χ0n) is 10.3. The first kappa shape index (κ1) is 11.9. The maximum atomic E-state index is 8.85. The number of nitrogens with two attached hydrogens (primary N) is 1. The number of benzene rings is 1. The van der Waals surface area contributed by atoms with Gasteiger partial charge in [-0.3, -0.25) is 0 Å². The number of piperidine rings is 1. The number of nitriles is 1. The van der Waals surface area contributed by atoms with Crippen molar-refractivity contribution in [1.82, 2.24) is 0 Å². The maximum absolute atomic E-state index is 8.85. The van der Waals surface area contributed by atoms with Gasteiger partial charge in [0.2, 0.25) is 0 Å². The van der Waals surface area contributed by atoms with E-state index in [1.807, 2.05) is 12.1 Å². The van der Waals surface area contributed by atoms with Gasteiger partial charge < -0.3 is 10.6 Å². The van der Waals surface area contributed by atoms with E-state index in [-0.39, 0.29) is 0 Å². The van der Waals surface area contributed by atoms with Gasteiger partial charge in [-0.05, 0) is 56.0 Å². The Balaban J connectivity index is 2.11. The van der Waals surface area contributed by atoms with Crippen LogP contribution in [-0.4, -0.2) is 19.6 Å². The average molecular weight is 229 g/mol. The Hall–Kier alpha value is -1.53. The highest BCUT2D eigenvalue weighted by Crippen LogP contribution is 2.26. The smallest absolute Gasteiger partial charge is 0.0991 e. The predicted octanol–water partition coefficient (Wildman–Crippen LogP) is 2.04. The molecule has 3 nitrogen and oxygen atoms in total. The molecule has 90 valence electrons. The number of aryl methyl sites for hydroxylation is 1. The van der Waals surface area contributed by atoms with Gasteiger partial charge in [0, 0.05) is 18.8 Å². The van der Waals surface area contributed by atoms with E-state index in [0.717, 1.165) is 25.2 Å². The molecule has 1 heterocycles. The lowest BCUT2D eigenvalue weighted by atomic mass is 9.96. The zero-order chi connectivity index (χ0) is 12.3. The molecule has 0 aliphatic carbocycles. The third kappa shape index (κ3) is 2.59. The molecule has 0 bridgehead atoms. The van der Waals surface area contributed by atoms with Crippen molar-refractivity contribution in [3.63, 3.8) is 0 Å². The lowest BCUT2D eigenvalue weighted by Crippen LogP contribution is -2.36. The largest absolute Gasteiger partial charge is 0.371 e. The first-order valence-electron chi connectivity index (χ1n) is 6.20. The van der Waals surface area contributed by atoms with E-state index in [9.17, 15) is 0 Å². The quantitative estimate of drug-likeness (QED) is 0.844. The van der Waals surface area contributed by atoms with Gasteiger partial charge in [0.15, 0.2) is 0 Å². The van der Waals surface area contributed by atoms with Crippen LogP contribution in [0, 0.1) is 24.2 Å². The average Bonchev–Trinajstić information content (AvgIpc) is 2.39. The highest BCUT2D eigenvalue weighted by Gasteiger charge is 2.19. The van der Waals surface area contributed by atoms with Crippen LogP contribution in [0.15, 0.2) is 18.2 Å². The van der Waals surface area contributed by atoms with Crippen molar-refractivity contribution in [2.75, 3.05) is 24.5 Å². The molecular weight excluding hydrogens is 210 g/mol. The number of anilines is 1. The van der Waals surface area contributed by atoms with E-state index in [1.165, 1.54) is 24.1 Å². The fraction of sp³-hybridized carbons (Fsp3) is 0.500. The van der Waals surface area contributed by atoms with Gasteiger partial charge in [0.1, 0.15) is 0 Å². The molecule has 0 saturated carbocycles. The fourth-order valence-corrected chi connectivity index (χ4v) is 2.49. The molecule has 3 heteroatoms. The van der Waals surface area contributed by atoms with Crippen molar-refractivity contribution in [2.45, 2.75) is 19.8 Å². The molecule has 1 fully saturated rings. The van der Waals surface area contributed by atoms with E-state index in [4.69, 9.17) is 11.0 Å². The maximum Gasteiger partial charge on any atom is 0.0991 e. The third-order valence-electron chi connectivity index (χ3n) is 3.61. The molecule has 0 radical (unpaired) electrons. The van der Waals surface area contributed by atoms with Gasteiger partial charge >= 0.3 is 0 Å². The standard InChI is InChI=1S/C14H19N3/c1-11-8-13(10-16)2-3-14(11)17-6-4-12(9-15)5-7-17/h2-3,8,12H,4-7,9,15H2,1H3. The van der Waals surface area contributed by atoms with E-state index >= 15 is 0 Å². The van der Waals surface area contributed by atoms with Gasteiger partial charge in [0.25, 0.3) is 0 Å². The number of nitrogens with zero attached hydrogens (tertiary/aromatic N) is 2. The van der Waals surface area contributed by atoms with E-state index in [0.29, 0.717) is 5.92 Å². The Morgan fingerprint density at radius 3 is 2.65 bits per heavy atom. The van der Waals surface area contributed by atoms with Gasteiger partial charge in [-0.1, -0.05) is 0 Å². The van der Waals surface area contributed by atoms with Crippen molar-refractivity contribution >= 4 is 5.69 Å². The summed E-state index contributed by atoms with van der Waals surface area (Å²) in [5.74, 6) is 0.685. The van der Waals surface area contributed by atoms with Crippen molar-refractivity contribution in [3.05, 3.63) is 29.3 Å². The monoisotopic (exact) mass is 229 g/mol. The number of rotatable bonds is 2. The zero-order valence-corrected chi connectivity index (χ0v) is 10.3. The Morgan fingerprint density at radius 2 is 2.12 bits per heavy atom. The van der Waals surface area contributed by atoms with Crippen molar-refractivity contribution in [1.29, 1.82) is 5.26 Å². The summed E-state index contributed by atoms with van der Waals surface area (Å²) in [5.41, 5.74) is 8.89. The van der Waals surface area contributed by atoms with Crippen LogP contribution in [0.4, 0.5) is 5.69 Å². The van der Waals surface area contributed by atoms with Gasteiger partial charge in [-0.15, -0.1) is 0 Å². The first-order valence-corrected chi connectivity index (χ1v) is 6.20. The second kappa shape index (κ2) is 5.20. The van der Waals surface area contributed by atoms with E-state index < -0.39 is 0 Å². The SMILES string of the molecule is Cc1cc(C#N)ccc1N1CCC(CN)CC1. The molecule has 0 spiro atoms. The second-order valence-electron chi connectivity index (χ2n) is 4.78. The highest BCUT2D eigenvalue weighted by atomic mass is 15.1. The lowest BCUT2D eigenvalue weighted by molar-refractivity contribution is 0.414. The van der Waals surface area contributed by atoms with Gasteiger partial charge in [0.05, 0.1) is 11.6 Å². The summed E-state index contributed by atoms with van der Waals surface area (Å²) in [5, 5.41) is 8.85. The molecule has 2 N–H and O–H groups in total. The van der Waals surface area contributed by atoms with Crippen molar-refractivity contribution < 1.29 is 0 Å². The Bertz CT molecular complexity index is 426. The summed E-state index contributed by atoms with van der Waals surface area (Å²) in [6.07, 6.45) is 2.35. The normalized spacial score (nSPS) is 16.9. The fourth-order valence-electron chi connectivity index (χ4n) is 2.49. The van der Waals surface area contributed by atoms with Crippen molar-refractivity contribution in [2.24, 2.45) is 11.7 Å². The molecular formula is C14H19N3. The van der Waals surface area contributed by atoms with Crippen LogP contribution in [0.2, 0.25) is 0 Å². The Kier molecular flexibility index (Phi) is 3.65. The Labute approximate surface area is 103 Å². The summed E-state index contributed by atoms with van der Waals surface area (Å²) in [6.45, 7) is 5.04. The minimum absolute atomic E-state index is 0.685. The Morgan fingerprint density at radius 1 is 1.41 bits per heavy atom. The van der Waals surface area contributed by atoms with E-state index in [1.54, 1.807) is 0 Å².